The van der Waals surface area contributed by atoms with Crippen LogP contribution in [0, 0.1) is 6.92 Å². The summed E-state index contributed by atoms with van der Waals surface area (Å²) in [5, 5.41) is 0. The SMILES string of the molecule is CSc1ccc(N(C)C(C)C)c(C)c1. The van der Waals surface area contributed by atoms with Crippen LogP contribution < -0.4 is 4.90 Å². The van der Waals surface area contributed by atoms with Crippen LogP contribution in [0.3, 0.4) is 0 Å². The van der Waals surface area contributed by atoms with Crippen LogP contribution in [-0.2, 0) is 0 Å². The van der Waals surface area contributed by atoms with Crippen LogP contribution >= 0.6 is 11.8 Å². The summed E-state index contributed by atoms with van der Waals surface area (Å²) >= 11 is 1.79. The molecular weight excluding hydrogens is 190 g/mol. The van der Waals surface area contributed by atoms with Crippen LogP contribution in [0.25, 0.3) is 0 Å². The normalized spacial score (nSPS) is 10.7. The molecule has 0 aliphatic rings. The Kier molecular flexibility index (Phi) is 3.87. The van der Waals surface area contributed by atoms with E-state index < -0.39 is 0 Å². The average Bonchev–Trinajstić information content (AvgIpc) is 2.16. The molecule has 1 aromatic rings. The van der Waals surface area contributed by atoms with E-state index in [0.717, 1.165) is 0 Å². The second kappa shape index (κ2) is 4.74. The first-order valence-corrected chi connectivity index (χ1v) is 6.16. The third-order valence-corrected chi connectivity index (χ3v) is 3.28. The van der Waals surface area contributed by atoms with Crippen LogP contribution in [-0.4, -0.2) is 19.3 Å². The van der Waals surface area contributed by atoms with Crippen LogP contribution in [0.2, 0.25) is 0 Å². The van der Waals surface area contributed by atoms with Gasteiger partial charge in [-0.25, -0.2) is 0 Å². The zero-order chi connectivity index (χ0) is 10.7. The molecule has 2 heteroatoms. The maximum Gasteiger partial charge on any atom is 0.0396 e. The Hall–Kier alpha value is -0.630. The Morgan fingerprint density at radius 2 is 1.93 bits per heavy atom. The zero-order valence-electron chi connectivity index (χ0n) is 9.66. The molecule has 0 saturated carbocycles. The highest BCUT2D eigenvalue weighted by Crippen LogP contribution is 2.25. The predicted octanol–water partition coefficient (Wildman–Crippen LogP) is 3.56. The van der Waals surface area contributed by atoms with Gasteiger partial charge in [0.25, 0.3) is 0 Å². The molecule has 0 heterocycles. The minimum absolute atomic E-state index is 0.550. The molecule has 0 aliphatic heterocycles. The summed E-state index contributed by atoms with van der Waals surface area (Å²) in [4.78, 5) is 3.64. The molecule has 0 amide bonds. The summed E-state index contributed by atoms with van der Waals surface area (Å²) in [6.45, 7) is 6.60. The standard InChI is InChI=1S/C12H19NS/c1-9(2)13(4)12-7-6-11(14-5)8-10(12)3/h6-9H,1-5H3. The van der Waals surface area contributed by atoms with E-state index in [1.807, 2.05) is 0 Å². The van der Waals surface area contributed by atoms with Crippen LogP contribution in [0.1, 0.15) is 19.4 Å². The quantitative estimate of drug-likeness (QED) is 0.700. The Morgan fingerprint density at radius 1 is 1.29 bits per heavy atom. The van der Waals surface area contributed by atoms with Crippen molar-refractivity contribution in [2.45, 2.75) is 31.7 Å². The van der Waals surface area contributed by atoms with Gasteiger partial charge in [-0.3, -0.25) is 0 Å². The number of hydrogen-bond acceptors (Lipinski definition) is 2. The van der Waals surface area contributed by atoms with E-state index in [9.17, 15) is 0 Å². The summed E-state index contributed by atoms with van der Waals surface area (Å²) in [5.74, 6) is 0. The van der Waals surface area contributed by atoms with E-state index in [1.165, 1.54) is 16.1 Å². The van der Waals surface area contributed by atoms with Crippen molar-refractivity contribution in [3.63, 3.8) is 0 Å². The average molecular weight is 209 g/mol. The molecule has 78 valence electrons. The third kappa shape index (κ3) is 2.44. The van der Waals surface area contributed by atoms with Crippen molar-refractivity contribution in [3.8, 4) is 0 Å². The van der Waals surface area contributed by atoms with Crippen molar-refractivity contribution in [2.24, 2.45) is 0 Å². The smallest absolute Gasteiger partial charge is 0.0396 e. The van der Waals surface area contributed by atoms with E-state index in [1.54, 1.807) is 11.8 Å². The number of thioether (sulfide) groups is 1. The molecule has 1 rings (SSSR count). The fourth-order valence-electron chi connectivity index (χ4n) is 1.43. The first kappa shape index (κ1) is 11.4. The molecule has 1 nitrogen and oxygen atoms in total. The monoisotopic (exact) mass is 209 g/mol. The van der Waals surface area contributed by atoms with E-state index in [-0.39, 0.29) is 0 Å². The van der Waals surface area contributed by atoms with Gasteiger partial charge in [0.1, 0.15) is 0 Å². The van der Waals surface area contributed by atoms with Gasteiger partial charge in [0.15, 0.2) is 0 Å². The summed E-state index contributed by atoms with van der Waals surface area (Å²) in [5.41, 5.74) is 2.69. The second-order valence-electron chi connectivity index (χ2n) is 3.86. The number of aryl methyl sites for hydroxylation is 1. The van der Waals surface area contributed by atoms with E-state index in [0.29, 0.717) is 6.04 Å². The molecule has 0 aromatic heterocycles. The molecule has 0 radical (unpaired) electrons. The lowest BCUT2D eigenvalue weighted by Gasteiger charge is -2.25. The van der Waals surface area contributed by atoms with Crippen LogP contribution in [0.15, 0.2) is 23.1 Å². The van der Waals surface area contributed by atoms with Crippen LogP contribution in [0.4, 0.5) is 5.69 Å². The van der Waals surface area contributed by atoms with Crippen molar-refractivity contribution < 1.29 is 0 Å². The summed E-state index contributed by atoms with van der Waals surface area (Å²) in [6.07, 6.45) is 2.11. The summed E-state index contributed by atoms with van der Waals surface area (Å²) in [7, 11) is 2.14. The largest absolute Gasteiger partial charge is 0.372 e. The molecule has 0 spiro atoms. The van der Waals surface area contributed by atoms with Gasteiger partial charge < -0.3 is 4.90 Å². The molecule has 0 unspecified atom stereocenters. The molecule has 0 fully saturated rings. The first-order valence-electron chi connectivity index (χ1n) is 4.93. The lowest BCUT2D eigenvalue weighted by Crippen LogP contribution is -2.26. The molecule has 0 N–H and O–H groups in total. The number of rotatable bonds is 3. The van der Waals surface area contributed by atoms with Gasteiger partial charge >= 0.3 is 0 Å². The Labute approximate surface area is 91.5 Å². The van der Waals surface area contributed by atoms with E-state index in [4.69, 9.17) is 0 Å². The molecule has 0 bridgehead atoms. The molecular formula is C12H19NS. The van der Waals surface area contributed by atoms with Gasteiger partial charge in [-0.1, -0.05) is 0 Å². The van der Waals surface area contributed by atoms with Gasteiger partial charge in [-0.15, -0.1) is 11.8 Å². The van der Waals surface area contributed by atoms with E-state index in [2.05, 4.69) is 57.2 Å². The van der Waals surface area contributed by atoms with Crippen molar-refractivity contribution in [1.82, 2.24) is 0 Å². The molecule has 0 saturated heterocycles. The number of benzene rings is 1. The highest BCUT2D eigenvalue weighted by Gasteiger charge is 2.07. The first-order chi connectivity index (χ1) is 6.56. The van der Waals surface area contributed by atoms with Crippen molar-refractivity contribution in [1.29, 1.82) is 0 Å². The Balaban J connectivity index is 2.99. The van der Waals surface area contributed by atoms with Gasteiger partial charge in [0.05, 0.1) is 0 Å². The van der Waals surface area contributed by atoms with Crippen LogP contribution in [0.5, 0.6) is 0 Å². The fraction of sp³-hybridized carbons (Fsp3) is 0.500. The minimum Gasteiger partial charge on any atom is -0.372 e. The van der Waals surface area contributed by atoms with Gasteiger partial charge in [0, 0.05) is 23.7 Å². The maximum atomic E-state index is 2.31. The zero-order valence-corrected chi connectivity index (χ0v) is 10.5. The lowest BCUT2D eigenvalue weighted by molar-refractivity contribution is 0.752. The van der Waals surface area contributed by atoms with Crippen molar-refractivity contribution >= 4 is 17.4 Å². The fourth-order valence-corrected chi connectivity index (χ4v) is 1.93. The number of hydrogen-bond donors (Lipinski definition) is 0. The van der Waals surface area contributed by atoms with Crippen molar-refractivity contribution in [3.05, 3.63) is 23.8 Å². The van der Waals surface area contributed by atoms with Crippen molar-refractivity contribution in [2.75, 3.05) is 18.2 Å². The third-order valence-electron chi connectivity index (χ3n) is 2.56. The maximum absolute atomic E-state index is 2.31. The Bertz CT molecular complexity index is 307. The topological polar surface area (TPSA) is 3.24 Å². The van der Waals surface area contributed by atoms with Gasteiger partial charge in [-0.05, 0) is 50.8 Å². The molecule has 1 aromatic carbocycles. The Morgan fingerprint density at radius 3 is 2.36 bits per heavy atom. The molecule has 0 atom stereocenters. The summed E-state index contributed by atoms with van der Waals surface area (Å²) < 4.78 is 0. The molecule has 0 aliphatic carbocycles. The van der Waals surface area contributed by atoms with Gasteiger partial charge in [-0.2, -0.15) is 0 Å². The van der Waals surface area contributed by atoms with E-state index >= 15 is 0 Å². The lowest BCUT2D eigenvalue weighted by atomic mass is 10.1. The van der Waals surface area contributed by atoms with Gasteiger partial charge in [0.2, 0.25) is 0 Å². The highest BCUT2D eigenvalue weighted by molar-refractivity contribution is 7.98. The second-order valence-corrected chi connectivity index (χ2v) is 4.74. The summed E-state index contributed by atoms with van der Waals surface area (Å²) in [6, 6.07) is 7.19. The predicted molar refractivity (Wildman–Crippen MR) is 66.5 cm³/mol. The minimum atomic E-state index is 0.550. The number of anilines is 1. The molecule has 14 heavy (non-hydrogen) atoms. The highest BCUT2D eigenvalue weighted by atomic mass is 32.2. The number of nitrogens with zero attached hydrogens (tertiary/aromatic N) is 1.